The highest BCUT2D eigenvalue weighted by Gasteiger charge is 2.48. The average molecular weight is 340 g/mol. The van der Waals surface area contributed by atoms with Crippen LogP contribution in [0.4, 0.5) is 0 Å². The predicted molar refractivity (Wildman–Crippen MR) is 83.4 cm³/mol. The first-order valence-electron chi connectivity index (χ1n) is 7.26. The molecule has 0 aliphatic heterocycles. The van der Waals surface area contributed by atoms with Crippen LogP contribution in [0, 0.1) is 17.8 Å². The van der Waals surface area contributed by atoms with Crippen LogP contribution in [-0.2, 0) is 0 Å². The van der Waals surface area contributed by atoms with Crippen LogP contribution >= 0.6 is 15.9 Å². The van der Waals surface area contributed by atoms with Crippen molar-refractivity contribution in [1.82, 2.24) is 5.32 Å². The summed E-state index contributed by atoms with van der Waals surface area (Å²) in [5.74, 6) is 4.48. The molecule has 2 aliphatic rings. The van der Waals surface area contributed by atoms with Gasteiger partial charge in [-0.3, -0.25) is 0 Å². The van der Waals surface area contributed by atoms with Crippen LogP contribution in [0.5, 0.6) is 11.5 Å². The quantitative estimate of drug-likeness (QED) is 0.885. The Labute approximate surface area is 129 Å². The first-order chi connectivity index (χ1) is 9.67. The van der Waals surface area contributed by atoms with Gasteiger partial charge < -0.3 is 14.8 Å². The van der Waals surface area contributed by atoms with Gasteiger partial charge in [0, 0.05) is 11.6 Å². The van der Waals surface area contributed by atoms with Crippen molar-refractivity contribution in [2.75, 3.05) is 21.3 Å². The molecule has 0 saturated heterocycles. The average Bonchev–Trinajstić information content (AvgIpc) is 3.07. The van der Waals surface area contributed by atoms with Crippen molar-refractivity contribution < 1.29 is 9.47 Å². The molecular weight excluding hydrogens is 318 g/mol. The van der Waals surface area contributed by atoms with Crippen molar-refractivity contribution in [3.05, 3.63) is 22.2 Å². The van der Waals surface area contributed by atoms with E-state index in [1.807, 2.05) is 13.1 Å². The normalized spacial score (nSPS) is 28.9. The minimum absolute atomic E-state index is 0.347. The van der Waals surface area contributed by atoms with Gasteiger partial charge in [0.15, 0.2) is 0 Å². The van der Waals surface area contributed by atoms with Gasteiger partial charge in [-0.05, 0) is 72.1 Å². The molecule has 0 aromatic heterocycles. The maximum atomic E-state index is 5.58. The summed E-state index contributed by atoms with van der Waals surface area (Å²) in [5.41, 5.74) is 1.21. The molecule has 2 fully saturated rings. The third-order valence-electron chi connectivity index (χ3n) is 4.90. The first kappa shape index (κ1) is 14.2. The zero-order valence-electron chi connectivity index (χ0n) is 12.3. The molecule has 3 rings (SSSR count). The van der Waals surface area contributed by atoms with Crippen molar-refractivity contribution in [2.45, 2.75) is 25.3 Å². The molecule has 1 aromatic carbocycles. The van der Waals surface area contributed by atoms with E-state index < -0.39 is 0 Å². The Morgan fingerprint density at radius 1 is 1.10 bits per heavy atom. The fraction of sp³-hybridized carbons (Fsp3) is 0.625. The standard InChI is InChI=1S/C16H22BrNO2/c1-18-16(11-5-9-4-10(9)6-11)12-7-15(20-3)13(17)8-14(12)19-2/h7-11,16,18H,4-6H2,1-3H3. The summed E-state index contributed by atoms with van der Waals surface area (Å²) in [6.45, 7) is 0. The Bertz CT molecular complexity index is 495. The zero-order valence-corrected chi connectivity index (χ0v) is 13.9. The molecule has 3 atom stereocenters. The summed E-state index contributed by atoms with van der Waals surface area (Å²) in [5, 5.41) is 3.50. The van der Waals surface area contributed by atoms with Gasteiger partial charge >= 0.3 is 0 Å². The Hall–Kier alpha value is -0.740. The second-order valence-corrected chi connectivity index (χ2v) is 6.84. The summed E-state index contributed by atoms with van der Waals surface area (Å²) in [6, 6.07) is 4.46. The zero-order chi connectivity index (χ0) is 14.3. The first-order valence-corrected chi connectivity index (χ1v) is 8.05. The lowest BCUT2D eigenvalue weighted by atomic mass is 9.88. The van der Waals surface area contributed by atoms with E-state index in [0.717, 1.165) is 27.8 Å². The van der Waals surface area contributed by atoms with E-state index in [1.54, 1.807) is 14.2 Å². The van der Waals surface area contributed by atoms with Crippen LogP contribution in [0.15, 0.2) is 16.6 Å². The minimum atomic E-state index is 0.347. The van der Waals surface area contributed by atoms with Crippen LogP contribution < -0.4 is 14.8 Å². The smallest absolute Gasteiger partial charge is 0.133 e. The number of hydrogen-bond donors (Lipinski definition) is 1. The SMILES string of the molecule is CNC(c1cc(OC)c(Br)cc1OC)C1CC2CC2C1. The number of benzene rings is 1. The van der Waals surface area contributed by atoms with Gasteiger partial charge in [0.1, 0.15) is 11.5 Å². The second-order valence-electron chi connectivity index (χ2n) is 5.98. The lowest BCUT2D eigenvalue weighted by Gasteiger charge is -2.27. The van der Waals surface area contributed by atoms with E-state index >= 15 is 0 Å². The van der Waals surface area contributed by atoms with E-state index in [0.29, 0.717) is 12.0 Å². The van der Waals surface area contributed by atoms with Crippen molar-refractivity contribution in [2.24, 2.45) is 17.8 Å². The van der Waals surface area contributed by atoms with Crippen LogP contribution in [0.25, 0.3) is 0 Å². The number of methoxy groups -OCH3 is 2. The van der Waals surface area contributed by atoms with Gasteiger partial charge in [0.2, 0.25) is 0 Å². The number of fused-ring (bicyclic) bond motifs is 1. The molecule has 20 heavy (non-hydrogen) atoms. The van der Waals surface area contributed by atoms with Crippen LogP contribution in [0.1, 0.15) is 30.9 Å². The third kappa shape index (κ3) is 2.44. The van der Waals surface area contributed by atoms with Crippen molar-refractivity contribution in [3.8, 4) is 11.5 Å². The molecule has 2 aliphatic carbocycles. The molecule has 110 valence electrons. The summed E-state index contributed by atoms with van der Waals surface area (Å²) in [6.07, 6.45) is 4.14. The molecule has 1 N–H and O–H groups in total. The Kier molecular flexibility index (Phi) is 3.95. The molecule has 0 radical (unpaired) electrons. The van der Waals surface area contributed by atoms with Gasteiger partial charge in [0.25, 0.3) is 0 Å². The van der Waals surface area contributed by atoms with Crippen LogP contribution in [-0.4, -0.2) is 21.3 Å². The van der Waals surface area contributed by atoms with Crippen molar-refractivity contribution in [3.63, 3.8) is 0 Å². The number of nitrogens with one attached hydrogen (secondary N) is 1. The highest BCUT2D eigenvalue weighted by Crippen LogP contribution is 2.57. The van der Waals surface area contributed by atoms with Crippen LogP contribution in [0.3, 0.4) is 0 Å². The Morgan fingerprint density at radius 2 is 1.75 bits per heavy atom. The second kappa shape index (κ2) is 5.57. The number of rotatable bonds is 5. The number of halogens is 1. The van der Waals surface area contributed by atoms with Crippen LogP contribution in [0.2, 0.25) is 0 Å². The Balaban J connectivity index is 1.92. The molecule has 2 saturated carbocycles. The lowest BCUT2D eigenvalue weighted by Crippen LogP contribution is -2.25. The number of ether oxygens (including phenoxy) is 2. The monoisotopic (exact) mass is 339 g/mol. The summed E-state index contributed by atoms with van der Waals surface area (Å²) >= 11 is 3.53. The largest absolute Gasteiger partial charge is 0.496 e. The maximum absolute atomic E-state index is 5.58. The Morgan fingerprint density at radius 3 is 2.30 bits per heavy atom. The highest BCUT2D eigenvalue weighted by atomic mass is 79.9. The topological polar surface area (TPSA) is 30.5 Å². The predicted octanol–water partition coefficient (Wildman–Crippen LogP) is 3.77. The molecular formula is C16H22BrNO2. The lowest BCUT2D eigenvalue weighted by molar-refractivity contribution is 0.336. The van der Waals surface area contributed by atoms with E-state index in [-0.39, 0.29) is 0 Å². The minimum Gasteiger partial charge on any atom is -0.496 e. The third-order valence-corrected chi connectivity index (χ3v) is 5.52. The van der Waals surface area contributed by atoms with E-state index in [4.69, 9.17) is 9.47 Å². The molecule has 0 heterocycles. The molecule has 0 bridgehead atoms. The van der Waals surface area contributed by atoms with Gasteiger partial charge in [-0.2, -0.15) is 0 Å². The van der Waals surface area contributed by atoms with Gasteiger partial charge in [0.05, 0.1) is 18.7 Å². The van der Waals surface area contributed by atoms with E-state index in [2.05, 4.69) is 27.3 Å². The summed E-state index contributed by atoms with van der Waals surface area (Å²) in [7, 11) is 5.48. The molecule has 4 heteroatoms. The summed E-state index contributed by atoms with van der Waals surface area (Å²) in [4.78, 5) is 0. The fourth-order valence-electron chi connectivity index (χ4n) is 3.81. The van der Waals surface area contributed by atoms with Crippen molar-refractivity contribution >= 4 is 15.9 Å². The van der Waals surface area contributed by atoms with Gasteiger partial charge in [-0.1, -0.05) is 0 Å². The molecule has 3 unspecified atom stereocenters. The van der Waals surface area contributed by atoms with E-state index in [9.17, 15) is 0 Å². The molecule has 1 aromatic rings. The molecule has 3 nitrogen and oxygen atoms in total. The maximum Gasteiger partial charge on any atom is 0.133 e. The summed E-state index contributed by atoms with van der Waals surface area (Å²) < 4.78 is 12.0. The number of hydrogen-bond acceptors (Lipinski definition) is 3. The highest BCUT2D eigenvalue weighted by molar-refractivity contribution is 9.10. The fourth-order valence-corrected chi connectivity index (χ4v) is 4.29. The van der Waals surface area contributed by atoms with Gasteiger partial charge in [-0.15, -0.1) is 0 Å². The van der Waals surface area contributed by atoms with E-state index in [1.165, 1.54) is 24.8 Å². The van der Waals surface area contributed by atoms with Gasteiger partial charge in [-0.25, -0.2) is 0 Å². The molecule has 0 amide bonds. The van der Waals surface area contributed by atoms with Crippen molar-refractivity contribution in [1.29, 1.82) is 0 Å². The molecule has 0 spiro atoms.